The van der Waals surface area contributed by atoms with E-state index in [1.807, 2.05) is 0 Å². The zero-order valence-corrected chi connectivity index (χ0v) is 24.7. The fourth-order valence-corrected chi connectivity index (χ4v) is 4.36. The van der Waals surface area contributed by atoms with E-state index >= 15 is 0 Å². The minimum absolute atomic E-state index is 0.0339. The second-order valence-electron chi connectivity index (χ2n) is 10.4. The third-order valence-corrected chi connectivity index (χ3v) is 6.79. The number of nitrogens with zero attached hydrogens (tertiary/aromatic N) is 1. The number of phenolic OH excluding ortho intramolecular Hbond substituents is 1. The van der Waals surface area contributed by atoms with Crippen LogP contribution in [0.5, 0.6) is 5.75 Å². The van der Waals surface area contributed by atoms with Crippen molar-refractivity contribution in [1.29, 1.82) is 0 Å². The summed E-state index contributed by atoms with van der Waals surface area (Å²) in [6, 6.07) is 10.6. The second kappa shape index (κ2) is 18.8. The molecule has 2 aromatic rings. The summed E-state index contributed by atoms with van der Waals surface area (Å²) < 4.78 is 0. The minimum Gasteiger partial charge on any atom is -0.508 e. The van der Waals surface area contributed by atoms with Crippen molar-refractivity contribution in [2.45, 2.75) is 69.1 Å². The third-order valence-electron chi connectivity index (χ3n) is 6.79. The molecule has 2 rings (SSSR count). The Kier molecular flexibility index (Phi) is 15.1. The Balaban J connectivity index is 2.27. The molecule has 0 saturated carbocycles. The molecule has 44 heavy (non-hydrogen) atoms. The molecule has 0 bridgehead atoms. The molecular weight excluding hydrogens is 568 g/mol. The summed E-state index contributed by atoms with van der Waals surface area (Å²) in [7, 11) is 0. The van der Waals surface area contributed by atoms with Crippen LogP contribution in [0.15, 0.2) is 59.6 Å². The number of unbranched alkanes of at least 4 members (excludes halogenated alkanes) is 1. The largest absolute Gasteiger partial charge is 0.508 e. The van der Waals surface area contributed by atoms with Crippen molar-refractivity contribution in [3.8, 4) is 5.75 Å². The van der Waals surface area contributed by atoms with Crippen molar-refractivity contribution in [2.75, 3.05) is 13.1 Å². The molecule has 0 fully saturated rings. The van der Waals surface area contributed by atoms with Gasteiger partial charge in [0.15, 0.2) is 5.96 Å². The summed E-state index contributed by atoms with van der Waals surface area (Å²) in [5, 5.41) is 27.3. The van der Waals surface area contributed by atoms with E-state index in [-0.39, 0.29) is 43.9 Å². The number of guanidine groups is 1. The number of benzene rings is 2. The third kappa shape index (κ3) is 13.1. The number of hydrogen-bond acceptors (Lipinski definition) is 8. The van der Waals surface area contributed by atoms with Crippen LogP contribution in [0.3, 0.4) is 0 Å². The highest BCUT2D eigenvalue weighted by Crippen LogP contribution is 2.13. The Hall–Kier alpha value is -4.69. The monoisotopic (exact) mass is 612 g/mol. The number of phenols is 1. The highest BCUT2D eigenvalue weighted by atomic mass is 16.4. The molecule has 0 unspecified atom stereocenters. The molecule has 0 aliphatic carbocycles. The molecule has 0 spiro atoms. The van der Waals surface area contributed by atoms with Gasteiger partial charge in [0, 0.05) is 19.4 Å². The summed E-state index contributed by atoms with van der Waals surface area (Å²) in [5.74, 6) is -3.28. The van der Waals surface area contributed by atoms with Crippen LogP contribution in [-0.4, -0.2) is 77.1 Å². The Morgan fingerprint density at radius 3 is 1.82 bits per heavy atom. The van der Waals surface area contributed by atoms with Crippen LogP contribution < -0.4 is 38.9 Å². The van der Waals surface area contributed by atoms with E-state index in [2.05, 4.69) is 20.9 Å². The number of carbonyl (C=O) groups excluding carboxylic acids is 3. The molecule has 0 aliphatic rings. The van der Waals surface area contributed by atoms with Gasteiger partial charge in [0.25, 0.3) is 0 Å². The molecule has 0 aliphatic heterocycles. The van der Waals surface area contributed by atoms with Crippen LogP contribution in [0.4, 0.5) is 0 Å². The highest BCUT2D eigenvalue weighted by molar-refractivity contribution is 5.94. The number of hydrogen-bond donors (Lipinski definition) is 9. The second-order valence-corrected chi connectivity index (χ2v) is 10.4. The van der Waals surface area contributed by atoms with Gasteiger partial charge in [0.1, 0.15) is 23.9 Å². The predicted octanol–water partition coefficient (Wildman–Crippen LogP) is -0.774. The van der Waals surface area contributed by atoms with Crippen molar-refractivity contribution in [1.82, 2.24) is 16.0 Å². The van der Waals surface area contributed by atoms with Crippen molar-refractivity contribution in [2.24, 2.45) is 27.9 Å². The van der Waals surface area contributed by atoms with E-state index < -0.39 is 47.9 Å². The average molecular weight is 613 g/mol. The molecule has 14 nitrogen and oxygen atoms in total. The number of carboxylic acids is 1. The van der Waals surface area contributed by atoms with Crippen LogP contribution in [0.25, 0.3) is 0 Å². The van der Waals surface area contributed by atoms with Crippen LogP contribution in [0, 0.1) is 0 Å². The van der Waals surface area contributed by atoms with Gasteiger partial charge >= 0.3 is 5.97 Å². The number of nitrogens with one attached hydrogen (secondary N) is 3. The van der Waals surface area contributed by atoms with Crippen molar-refractivity contribution < 1.29 is 29.4 Å². The topological polar surface area (TPSA) is 261 Å². The summed E-state index contributed by atoms with van der Waals surface area (Å²) >= 11 is 0. The van der Waals surface area contributed by atoms with Gasteiger partial charge in [0.2, 0.25) is 17.7 Å². The Morgan fingerprint density at radius 2 is 1.27 bits per heavy atom. The fraction of sp³-hybridized carbons (Fsp3) is 0.433. The van der Waals surface area contributed by atoms with E-state index in [0.29, 0.717) is 36.9 Å². The standard InChI is InChI=1S/C30H44N8O6/c31-15-5-4-9-22(32)26(40)37-24(18-20-11-13-21(39)14-12-20)28(42)38-25(17-19-7-2-1-3-8-19)27(41)36-23(29(43)44)10-6-16-35-30(33)34/h1-3,7-8,11-14,22-25,39H,4-6,9-10,15-18,31-32H2,(H,36,41)(H,37,40)(H,38,42)(H,43,44)(H4,33,34,35)/t22-,23-,24-,25-/m0/s1. The van der Waals surface area contributed by atoms with E-state index in [4.69, 9.17) is 22.9 Å². The summed E-state index contributed by atoms with van der Waals surface area (Å²) in [4.78, 5) is 55.8. The summed E-state index contributed by atoms with van der Waals surface area (Å²) in [5.41, 5.74) is 23.6. The Labute approximate surface area is 256 Å². The van der Waals surface area contributed by atoms with Gasteiger partial charge < -0.3 is 49.1 Å². The Morgan fingerprint density at radius 1 is 0.727 bits per heavy atom. The molecule has 0 saturated heterocycles. The fourth-order valence-electron chi connectivity index (χ4n) is 4.36. The van der Waals surface area contributed by atoms with Crippen molar-refractivity contribution in [3.63, 3.8) is 0 Å². The maximum atomic E-state index is 13.7. The SMILES string of the molecule is NCCCC[C@H](N)C(=O)N[C@@H](Cc1ccc(O)cc1)C(=O)N[C@@H](Cc1ccccc1)C(=O)N[C@@H](CCCN=C(N)N)C(=O)O. The molecule has 0 aromatic heterocycles. The number of carbonyl (C=O) groups is 4. The molecule has 14 heteroatoms. The quantitative estimate of drug-likeness (QED) is 0.0543. The lowest BCUT2D eigenvalue weighted by Gasteiger charge is -2.25. The molecule has 4 atom stereocenters. The molecule has 0 radical (unpaired) electrons. The first-order valence-corrected chi connectivity index (χ1v) is 14.5. The molecule has 2 aromatic carbocycles. The lowest BCUT2D eigenvalue weighted by atomic mass is 10.0. The molecule has 13 N–H and O–H groups in total. The van der Waals surface area contributed by atoms with Gasteiger partial charge in [-0.3, -0.25) is 19.4 Å². The number of aromatic hydroxyl groups is 1. The first-order chi connectivity index (χ1) is 21.0. The lowest BCUT2D eigenvalue weighted by molar-refractivity contribution is -0.142. The van der Waals surface area contributed by atoms with Gasteiger partial charge in [-0.05, 0) is 55.5 Å². The maximum absolute atomic E-state index is 13.7. The van der Waals surface area contributed by atoms with Gasteiger partial charge in [-0.25, -0.2) is 4.79 Å². The summed E-state index contributed by atoms with van der Waals surface area (Å²) in [6.07, 6.45) is 2.13. The number of nitrogens with two attached hydrogens (primary N) is 4. The zero-order valence-electron chi connectivity index (χ0n) is 24.7. The van der Waals surface area contributed by atoms with Crippen LogP contribution in [-0.2, 0) is 32.0 Å². The molecule has 3 amide bonds. The normalized spacial score (nSPS) is 13.5. The molecule has 240 valence electrons. The predicted molar refractivity (Wildman–Crippen MR) is 166 cm³/mol. The average Bonchev–Trinajstić information content (AvgIpc) is 2.99. The van der Waals surface area contributed by atoms with Gasteiger partial charge in [-0.2, -0.15) is 0 Å². The zero-order chi connectivity index (χ0) is 32.5. The minimum atomic E-state index is -1.26. The van der Waals surface area contributed by atoms with Crippen LogP contribution in [0.2, 0.25) is 0 Å². The van der Waals surface area contributed by atoms with E-state index in [9.17, 15) is 29.4 Å². The van der Waals surface area contributed by atoms with Crippen LogP contribution >= 0.6 is 0 Å². The van der Waals surface area contributed by atoms with Crippen molar-refractivity contribution >= 4 is 29.7 Å². The summed E-state index contributed by atoms with van der Waals surface area (Å²) in [6.45, 7) is 0.642. The molecule has 0 heterocycles. The van der Waals surface area contributed by atoms with Gasteiger partial charge in [-0.15, -0.1) is 0 Å². The molecular formula is C30H44N8O6. The van der Waals surface area contributed by atoms with Crippen LogP contribution in [0.1, 0.15) is 43.2 Å². The van der Waals surface area contributed by atoms with Gasteiger partial charge in [-0.1, -0.05) is 48.9 Å². The van der Waals surface area contributed by atoms with E-state index in [1.165, 1.54) is 12.1 Å². The highest BCUT2D eigenvalue weighted by Gasteiger charge is 2.30. The smallest absolute Gasteiger partial charge is 0.326 e. The first kappa shape index (κ1) is 35.5. The van der Waals surface area contributed by atoms with E-state index in [1.54, 1.807) is 42.5 Å². The maximum Gasteiger partial charge on any atom is 0.326 e. The number of carboxylic acid groups (broad SMARTS) is 1. The van der Waals surface area contributed by atoms with E-state index in [0.717, 1.165) is 0 Å². The number of aliphatic carboxylic acids is 1. The van der Waals surface area contributed by atoms with Gasteiger partial charge in [0.05, 0.1) is 6.04 Å². The first-order valence-electron chi connectivity index (χ1n) is 14.5. The number of aliphatic imine (C=N–C) groups is 1. The number of amides is 3. The lowest BCUT2D eigenvalue weighted by Crippen LogP contribution is -2.58. The Bertz CT molecular complexity index is 1240. The number of rotatable bonds is 19. The van der Waals surface area contributed by atoms with Crippen molar-refractivity contribution in [3.05, 3.63) is 65.7 Å².